The molecule has 7 nitrogen and oxygen atoms in total. The van der Waals surface area contributed by atoms with Crippen LogP contribution in [0.1, 0.15) is 30.5 Å². The Balaban J connectivity index is 1.52. The molecule has 0 aliphatic carbocycles. The monoisotopic (exact) mass is 582 g/mol. The minimum Gasteiger partial charge on any atom is -0.490 e. The normalized spacial score (nSPS) is 13.9. The molecule has 0 spiro atoms. The maximum absolute atomic E-state index is 12.4. The lowest BCUT2D eigenvalue weighted by molar-refractivity contribution is -0.129. The summed E-state index contributed by atoms with van der Waals surface area (Å²) in [6, 6.07) is 20.5. The maximum atomic E-state index is 12.4. The van der Waals surface area contributed by atoms with Crippen molar-refractivity contribution in [1.82, 2.24) is 0 Å². The first-order valence-corrected chi connectivity index (χ1v) is 12.0. The van der Waals surface area contributed by atoms with Gasteiger partial charge in [-0.15, -0.1) is 0 Å². The van der Waals surface area contributed by atoms with Gasteiger partial charge >= 0.3 is 5.97 Å². The fraction of sp³-hybridized carbons (Fsp3) is 0.148. The predicted molar refractivity (Wildman–Crippen MR) is 142 cm³/mol. The Morgan fingerprint density at radius 2 is 1.77 bits per heavy atom. The molecule has 0 bridgehead atoms. The largest absolute Gasteiger partial charge is 0.490 e. The first kappa shape index (κ1) is 24.5. The molecular weight excluding hydrogens is 559 g/mol. The molecule has 8 heteroatoms. The van der Waals surface area contributed by atoms with E-state index in [4.69, 9.17) is 14.2 Å². The second-order valence-electron chi connectivity index (χ2n) is 7.65. The smallest absolute Gasteiger partial charge is 0.363 e. The summed E-state index contributed by atoms with van der Waals surface area (Å²) in [5, 5.41) is 2.69. The third kappa shape index (κ3) is 6.48. The lowest BCUT2D eigenvalue weighted by Gasteiger charge is -2.13. The zero-order valence-electron chi connectivity index (χ0n) is 19.2. The average molecular weight is 582 g/mol. The molecular formula is C27H23IN2O5. The SMILES string of the molecule is CCOc1cc(/C=C2\N=C(c3ccc(NC(C)=O)cc3)OC2=O)ccc1OCc1ccc(I)cc1. The van der Waals surface area contributed by atoms with Gasteiger partial charge < -0.3 is 19.5 Å². The van der Waals surface area contributed by atoms with Gasteiger partial charge in [0.2, 0.25) is 11.8 Å². The van der Waals surface area contributed by atoms with Crippen molar-refractivity contribution in [2.75, 3.05) is 11.9 Å². The van der Waals surface area contributed by atoms with Gasteiger partial charge in [-0.2, -0.15) is 0 Å². The molecule has 0 atom stereocenters. The average Bonchev–Trinajstić information content (AvgIpc) is 3.20. The molecule has 0 unspecified atom stereocenters. The summed E-state index contributed by atoms with van der Waals surface area (Å²) in [6.07, 6.45) is 1.65. The summed E-state index contributed by atoms with van der Waals surface area (Å²) in [5.41, 5.74) is 3.24. The summed E-state index contributed by atoms with van der Waals surface area (Å²) < 4.78 is 18.3. The number of carbonyl (C=O) groups is 2. The third-order valence-corrected chi connectivity index (χ3v) is 5.67. The number of hydrogen-bond acceptors (Lipinski definition) is 6. The number of ether oxygens (including phenoxy) is 3. The zero-order chi connectivity index (χ0) is 24.8. The van der Waals surface area contributed by atoms with Gasteiger partial charge in [0, 0.05) is 21.7 Å². The van der Waals surface area contributed by atoms with Crippen LogP contribution in [0.3, 0.4) is 0 Å². The highest BCUT2D eigenvalue weighted by molar-refractivity contribution is 14.1. The van der Waals surface area contributed by atoms with Crippen molar-refractivity contribution in [2.45, 2.75) is 20.5 Å². The third-order valence-electron chi connectivity index (χ3n) is 4.95. The van der Waals surface area contributed by atoms with Gasteiger partial charge in [-0.3, -0.25) is 4.79 Å². The highest BCUT2D eigenvalue weighted by Gasteiger charge is 2.24. The summed E-state index contributed by atoms with van der Waals surface area (Å²) in [4.78, 5) is 28.0. The number of cyclic esters (lactones) is 1. The van der Waals surface area contributed by atoms with Crippen LogP contribution >= 0.6 is 22.6 Å². The zero-order valence-corrected chi connectivity index (χ0v) is 21.4. The molecule has 1 heterocycles. The van der Waals surface area contributed by atoms with Gasteiger partial charge in [0.25, 0.3) is 0 Å². The van der Waals surface area contributed by atoms with Crippen molar-refractivity contribution in [3.05, 3.63) is 92.7 Å². The number of nitrogens with zero attached hydrogens (tertiary/aromatic N) is 1. The van der Waals surface area contributed by atoms with Crippen molar-refractivity contribution in [1.29, 1.82) is 0 Å². The van der Waals surface area contributed by atoms with Crippen LogP contribution in [0.5, 0.6) is 11.5 Å². The lowest BCUT2D eigenvalue weighted by atomic mass is 10.1. The van der Waals surface area contributed by atoms with Crippen molar-refractivity contribution in [2.24, 2.45) is 4.99 Å². The van der Waals surface area contributed by atoms with Gasteiger partial charge in [0.1, 0.15) is 6.61 Å². The van der Waals surface area contributed by atoms with Crippen molar-refractivity contribution >= 4 is 52.1 Å². The molecule has 0 saturated heterocycles. The molecule has 0 fully saturated rings. The molecule has 178 valence electrons. The predicted octanol–water partition coefficient (Wildman–Crippen LogP) is 5.57. The fourth-order valence-corrected chi connectivity index (χ4v) is 3.69. The number of aliphatic imine (C=N–C) groups is 1. The Hall–Kier alpha value is -3.66. The summed E-state index contributed by atoms with van der Waals surface area (Å²) in [5.74, 6) is 0.702. The number of anilines is 1. The Kier molecular flexibility index (Phi) is 7.81. The second-order valence-corrected chi connectivity index (χ2v) is 8.89. The van der Waals surface area contributed by atoms with E-state index in [0.717, 1.165) is 14.7 Å². The van der Waals surface area contributed by atoms with Gasteiger partial charge in [-0.25, -0.2) is 9.79 Å². The molecule has 35 heavy (non-hydrogen) atoms. The number of nitrogens with one attached hydrogen (secondary N) is 1. The summed E-state index contributed by atoms with van der Waals surface area (Å²) >= 11 is 2.27. The molecule has 1 N–H and O–H groups in total. The van der Waals surface area contributed by atoms with E-state index in [-0.39, 0.29) is 17.5 Å². The minimum absolute atomic E-state index is 0.162. The molecule has 0 aromatic heterocycles. The van der Waals surface area contributed by atoms with Crippen LogP contribution < -0.4 is 14.8 Å². The topological polar surface area (TPSA) is 86.2 Å². The number of carbonyl (C=O) groups excluding carboxylic acids is 2. The molecule has 3 aromatic rings. The van der Waals surface area contributed by atoms with Crippen LogP contribution in [0.15, 0.2) is 77.4 Å². The number of hydrogen-bond donors (Lipinski definition) is 1. The number of esters is 1. The highest BCUT2D eigenvalue weighted by atomic mass is 127. The summed E-state index contributed by atoms with van der Waals surface area (Å²) in [6.45, 7) is 4.22. The van der Waals surface area contributed by atoms with Gasteiger partial charge in [-0.1, -0.05) is 18.2 Å². The quantitative estimate of drug-likeness (QED) is 0.213. The number of halogens is 1. The van der Waals surface area contributed by atoms with E-state index in [1.165, 1.54) is 6.92 Å². The minimum atomic E-state index is -0.539. The van der Waals surface area contributed by atoms with Crippen LogP contribution in [0.4, 0.5) is 5.69 Å². The second kappa shape index (κ2) is 11.2. The molecule has 1 aliphatic rings. The Bertz CT molecular complexity index is 1300. The Labute approximate surface area is 217 Å². The fourth-order valence-electron chi connectivity index (χ4n) is 3.33. The van der Waals surface area contributed by atoms with Gasteiger partial charge in [0.05, 0.1) is 6.61 Å². The van der Waals surface area contributed by atoms with E-state index in [2.05, 4.69) is 32.9 Å². The number of benzene rings is 3. The number of amides is 1. The van der Waals surface area contributed by atoms with Gasteiger partial charge in [0.15, 0.2) is 17.2 Å². The first-order valence-electron chi connectivity index (χ1n) is 11.0. The number of rotatable bonds is 8. The van der Waals surface area contributed by atoms with Crippen molar-refractivity contribution in [3.63, 3.8) is 0 Å². The van der Waals surface area contributed by atoms with E-state index in [0.29, 0.717) is 36.0 Å². The van der Waals surface area contributed by atoms with Crippen LogP contribution in [-0.4, -0.2) is 24.4 Å². The summed E-state index contributed by atoms with van der Waals surface area (Å²) in [7, 11) is 0. The van der Waals surface area contributed by atoms with Gasteiger partial charge in [-0.05, 0) is 95.2 Å². The van der Waals surface area contributed by atoms with Crippen molar-refractivity contribution < 1.29 is 23.8 Å². The van der Waals surface area contributed by atoms with Crippen LogP contribution in [0.2, 0.25) is 0 Å². The Morgan fingerprint density at radius 3 is 2.46 bits per heavy atom. The van der Waals surface area contributed by atoms with Crippen LogP contribution in [-0.2, 0) is 20.9 Å². The molecule has 1 aliphatic heterocycles. The molecule has 1 amide bonds. The van der Waals surface area contributed by atoms with Crippen molar-refractivity contribution in [3.8, 4) is 11.5 Å². The van der Waals surface area contributed by atoms with Crippen LogP contribution in [0, 0.1) is 3.57 Å². The van der Waals surface area contributed by atoms with E-state index in [1.54, 1.807) is 30.3 Å². The van der Waals surface area contributed by atoms with E-state index in [1.807, 2.05) is 49.4 Å². The molecule has 3 aromatic carbocycles. The van der Waals surface area contributed by atoms with E-state index >= 15 is 0 Å². The first-order chi connectivity index (χ1) is 16.9. The standard InChI is InChI=1S/C27H23IN2O5/c1-3-33-25-15-19(6-13-24(25)34-16-18-4-9-21(28)10-5-18)14-23-27(32)35-26(30-23)20-7-11-22(12-8-20)29-17(2)31/h4-15H,3,16H2,1-2H3,(H,29,31)/b23-14-. The van der Waals surface area contributed by atoms with E-state index < -0.39 is 5.97 Å². The molecule has 0 radical (unpaired) electrons. The molecule has 0 saturated carbocycles. The Morgan fingerprint density at radius 1 is 1.03 bits per heavy atom. The molecule has 4 rings (SSSR count). The van der Waals surface area contributed by atoms with Crippen LogP contribution in [0.25, 0.3) is 6.08 Å². The maximum Gasteiger partial charge on any atom is 0.363 e. The highest BCUT2D eigenvalue weighted by Crippen LogP contribution is 2.31. The van der Waals surface area contributed by atoms with E-state index in [9.17, 15) is 9.59 Å². The lowest BCUT2D eigenvalue weighted by Crippen LogP contribution is -2.07.